The first-order valence-electron chi connectivity index (χ1n) is 9.51. The van der Waals surface area contributed by atoms with Crippen molar-refractivity contribution in [3.8, 4) is 0 Å². The molecule has 2 aliphatic heterocycles. The van der Waals surface area contributed by atoms with Crippen LogP contribution in [0.25, 0.3) is 0 Å². The van der Waals surface area contributed by atoms with Crippen LogP contribution in [0.5, 0.6) is 0 Å². The maximum atomic E-state index is 12.9. The average Bonchev–Trinajstić information content (AvgIpc) is 3.04. The van der Waals surface area contributed by atoms with Gasteiger partial charge >= 0.3 is 0 Å². The minimum Gasteiger partial charge on any atom is -0.369 e. The maximum Gasteiger partial charge on any atom is 0.228 e. The van der Waals surface area contributed by atoms with E-state index in [1.54, 1.807) is 0 Å². The minimum absolute atomic E-state index is 0. The van der Waals surface area contributed by atoms with E-state index in [0.29, 0.717) is 0 Å². The van der Waals surface area contributed by atoms with E-state index in [0.717, 1.165) is 51.3 Å². The number of anilines is 2. The zero-order valence-electron chi connectivity index (χ0n) is 16.0. The summed E-state index contributed by atoms with van der Waals surface area (Å²) in [6.45, 7) is 5.10. The van der Waals surface area contributed by atoms with Crippen LogP contribution in [-0.2, 0) is 43.9 Å². The Kier molecular flexibility index (Phi) is 7.07. The molecule has 2 aromatic rings. The molecule has 0 aliphatic carbocycles. The molecule has 1 amide bonds. The minimum atomic E-state index is 0. The molecule has 0 aromatic heterocycles. The number of likely N-dealkylation sites (N-methyl/N-ethyl adjacent to an activating group) is 1. The smallest absolute Gasteiger partial charge is 0.228 e. The summed E-state index contributed by atoms with van der Waals surface area (Å²) in [6.07, 6.45) is 1.76. The molecule has 0 saturated carbocycles. The molecule has 139 valence electrons. The van der Waals surface area contributed by atoms with Crippen LogP contribution < -0.4 is 9.80 Å². The standard InChI is InChI=1S/C22H26N3O.Y/c1-23-13-15-24(16-14-23)21-10-6-5-7-18(21)17-19-11-12-25(22(19)26)20-8-3-2-4-9-20;/h3-10,19H,11-17H2,1H3;/q-1;/t19-;/m0./s1/i1-1;. The van der Waals surface area contributed by atoms with E-state index in [1.807, 2.05) is 29.2 Å². The van der Waals surface area contributed by atoms with E-state index in [4.69, 9.17) is 0 Å². The fraction of sp³-hybridized carbons (Fsp3) is 0.409. The molecule has 2 heterocycles. The summed E-state index contributed by atoms with van der Waals surface area (Å²) in [6, 6.07) is 19.3. The van der Waals surface area contributed by atoms with Gasteiger partial charge in [-0.15, -0.1) is 12.1 Å². The molecule has 4 nitrogen and oxygen atoms in total. The third-order valence-corrected chi connectivity index (χ3v) is 5.63. The Hall–Kier alpha value is -1.23. The van der Waals surface area contributed by atoms with Crippen molar-refractivity contribution in [1.29, 1.82) is 0 Å². The van der Waals surface area contributed by atoms with Crippen LogP contribution >= 0.6 is 0 Å². The monoisotopic (exact) mass is 436 g/mol. The van der Waals surface area contributed by atoms with Gasteiger partial charge in [0.1, 0.15) is 0 Å². The van der Waals surface area contributed by atoms with Crippen molar-refractivity contribution in [2.45, 2.75) is 12.8 Å². The van der Waals surface area contributed by atoms with Crippen LogP contribution in [-0.4, -0.2) is 50.6 Å². The number of amides is 1. The first kappa shape index (κ1) is 20.5. The molecule has 1 radical (unpaired) electrons. The number of para-hydroxylation sites is 1. The molecule has 27 heavy (non-hydrogen) atoms. The molecule has 1 atom stereocenters. The van der Waals surface area contributed by atoms with E-state index in [9.17, 15) is 4.79 Å². The van der Waals surface area contributed by atoms with E-state index in [1.165, 1.54) is 11.3 Å². The Bertz CT molecular complexity index is 759. The third kappa shape index (κ3) is 4.61. The van der Waals surface area contributed by atoms with Gasteiger partial charge in [-0.3, -0.25) is 4.79 Å². The van der Waals surface area contributed by atoms with Gasteiger partial charge in [-0.2, -0.15) is 18.2 Å². The van der Waals surface area contributed by atoms with Crippen molar-refractivity contribution in [2.24, 2.45) is 5.92 Å². The zero-order chi connectivity index (χ0) is 17.9. The van der Waals surface area contributed by atoms with Crippen molar-refractivity contribution in [3.05, 3.63) is 60.2 Å². The third-order valence-electron chi connectivity index (χ3n) is 5.63. The van der Waals surface area contributed by atoms with Gasteiger partial charge in [-0.05, 0) is 31.5 Å². The Labute approximate surface area is 187 Å². The molecule has 0 spiro atoms. The Balaban J connectivity index is 0.00000210. The first-order valence-corrected chi connectivity index (χ1v) is 9.51. The van der Waals surface area contributed by atoms with Gasteiger partial charge in [-0.1, -0.05) is 23.9 Å². The largest absolute Gasteiger partial charge is 0.369 e. The quantitative estimate of drug-likeness (QED) is 0.690. The van der Waals surface area contributed by atoms with E-state index >= 15 is 0 Å². The fourth-order valence-corrected chi connectivity index (χ4v) is 4.05. The predicted octanol–water partition coefficient (Wildman–Crippen LogP) is 2.83. The van der Waals surface area contributed by atoms with Gasteiger partial charge in [0, 0.05) is 77.0 Å². The number of piperazine rings is 1. The van der Waals surface area contributed by atoms with Crippen LogP contribution in [0.3, 0.4) is 0 Å². The van der Waals surface area contributed by atoms with Crippen LogP contribution in [0.1, 0.15) is 12.0 Å². The van der Waals surface area contributed by atoms with Crippen molar-refractivity contribution in [2.75, 3.05) is 49.6 Å². The number of rotatable bonds is 4. The average molecular weight is 436 g/mol. The number of benzene rings is 2. The first-order chi connectivity index (χ1) is 12.7. The van der Waals surface area contributed by atoms with Crippen molar-refractivity contribution in [1.82, 2.24) is 4.90 Å². The van der Waals surface area contributed by atoms with Crippen LogP contribution in [0.2, 0.25) is 0 Å². The second kappa shape index (κ2) is 9.31. The summed E-state index contributed by atoms with van der Waals surface area (Å²) in [5, 5.41) is 0. The number of nitrogens with zero attached hydrogens (tertiary/aromatic N) is 3. The molecule has 0 N–H and O–H groups in total. The number of hydrogen-bond acceptors (Lipinski definition) is 3. The van der Waals surface area contributed by atoms with Gasteiger partial charge in [0.2, 0.25) is 5.91 Å². The molecule has 5 heteroatoms. The van der Waals surface area contributed by atoms with Crippen LogP contribution in [0.15, 0.2) is 48.5 Å². The Morgan fingerprint density at radius 3 is 2.44 bits per heavy atom. The normalized spacial score (nSPS) is 20.6. The number of carbonyl (C=O) groups excluding carboxylic acids is 1. The van der Waals surface area contributed by atoms with E-state index in [2.05, 4.69) is 47.2 Å². The molecule has 0 unspecified atom stereocenters. The van der Waals surface area contributed by atoms with E-state index in [-0.39, 0.29) is 44.5 Å². The molecule has 2 fully saturated rings. The molecular weight excluding hydrogens is 410 g/mol. The van der Waals surface area contributed by atoms with Crippen molar-refractivity contribution in [3.63, 3.8) is 0 Å². The summed E-state index contributed by atoms with van der Waals surface area (Å²) in [4.78, 5) is 19.7. The summed E-state index contributed by atoms with van der Waals surface area (Å²) in [7, 11) is 2.18. The van der Waals surface area contributed by atoms with Crippen molar-refractivity contribution >= 4 is 17.3 Å². The fourth-order valence-electron chi connectivity index (χ4n) is 4.05. The van der Waals surface area contributed by atoms with Crippen LogP contribution in [0.4, 0.5) is 11.4 Å². The molecule has 4 rings (SSSR count). The molecular formula is C22H26N3OY-. The van der Waals surface area contributed by atoms with Gasteiger partial charge in [-0.25, -0.2) is 0 Å². The Morgan fingerprint density at radius 1 is 1.00 bits per heavy atom. The summed E-state index contributed by atoms with van der Waals surface area (Å²) >= 11 is 0. The van der Waals surface area contributed by atoms with E-state index < -0.39 is 0 Å². The second-order valence-corrected chi connectivity index (χ2v) is 7.36. The van der Waals surface area contributed by atoms with Gasteiger partial charge < -0.3 is 14.7 Å². The topological polar surface area (TPSA) is 26.8 Å². The molecule has 0 bridgehead atoms. The summed E-state index contributed by atoms with van der Waals surface area (Å²) in [5.41, 5.74) is 3.60. The number of carbonyl (C=O) groups is 1. The van der Waals surface area contributed by atoms with Gasteiger partial charge in [0.15, 0.2) is 0 Å². The maximum absolute atomic E-state index is 12.9. The van der Waals surface area contributed by atoms with Gasteiger partial charge in [0.05, 0.1) is 0 Å². The second-order valence-electron chi connectivity index (χ2n) is 7.36. The zero-order valence-corrected chi connectivity index (χ0v) is 18.8. The summed E-state index contributed by atoms with van der Waals surface area (Å²) < 4.78 is 0. The SMILES string of the molecule is [11CH3]N1CCN(c2ccccc2C[C@@H]2CCN(c3cc[c-]cc3)C2=O)CC1.[Y]. The van der Waals surface area contributed by atoms with Crippen LogP contribution in [0, 0.1) is 12.0 Å². The number of hydrogen-bond donors (Lipinski definition) is 0. The van der Waals surface area contributed by atoms with Crippen molar-refractivity contribution < 1.29 is 37.5 Å². The van der Waals surface area contributed by atoms with Gasteiger partial charge in [0.25, 0.3) is 0 Å². The Morgan fingerprint density at radius 2 is 1.70 bits per heavy atom. The molecule has 2 aromatic carbocycles. The summed E-state index contributed by atoms with van der Waals surface area (Å²) in [5.74, 6) is 0.331. The molecule has 2 aliphatic rings. The molecule has 2 saturated heterocycles. The predicted molar refractivity (Wildman–Crippen MR) is 106 cm³/mol.